The normalized spacial score (nSPS) is 9.64. The molecule has 0 aliphatic carbocycles. The maximum Gasteiger partial charge on any atom is 0.338 e. The van der Waals surface area contributed by atoms with E-state index in [2.05, 4.69) is 4.74 Å². The van der Waals surface area contributed by atoms with E-state index in [1.54, 1.807) is 12.1 Å². The monoisotopic (exact) mass is 307 g/mol. The zero-order valence-electron chi connectivity index (χ0n) is 7.83. The molecule has 0 amide bonds. The third-order valence-corrected chi connectivity index (χ3v) is 2.63. The molecular weight excluding hydrogens is 297 g/mol. The number of ether oxygens (including phenoxy) is 2. The molecule has 0 bridgehead atoms. The van der Waals surface area contributed by atoms with Gasteiger partial charge in [0.05, 0.1) is 25.5 Å². The van der Waals surface area contributed by atoms with E-state index >= 15 is 0 Å². The molecule has 0 radical (unpaired) electrons. The molecule has 0 spiro atoms. The quantitative estimate of drug-likeness (QED) is 0.513. The third-order valence-electron chi connectivity index (χ3n) is 1.73. The Labute approximate surface area is 95.5 Å². The van der Waals surface area contributed by atoms with Gasteiger partial charge in [0.1, 0.15) is 5.75 Å². The minimum absolute atomic E-state index is 0.402. The predicted molar refractivity (Wildman–Crippen MR) is 61.5 cm³/mol. The van der Waals surface area contributed by atoms with Gasteiger partial charge < -0.3 is 15.2 Å². The van der Waals surface area contributed by atoms with E-state index in [-0.39, 0.29) is 0 Å². The van der Waals surface area contributed by atoms with E-state index in [4.69, 9.17) is 10.5 Å². The third kappa shape index (κ3) is 2.09. The van der Waals surface area contributed by atoms with Crippen LogP contribution in [-0.4, -0.2) is 20.2 Å². The number of methoxy groups -OCH3 is 2. The van der Waals surface area contributed by atoms with E-state index in [9.17, 15) is 4.79 Å². The van der Waals surface area contributed by atoms with Gasteiger partial charge >= 0.3 is 5.97 Å². The number of hydrogen-bond acceptors (Lipinski definition) is 4. The molecular formula is C9H10INO3. The Hall–Kier alpha value is -0.980. The lowest BCUT2D eigenvalue weighted by atomic mass is 10.2. The Morgan fingerprint density at radius 3 is 2.57 bits per heavy atom. The van der Waals surface area contributed by atoms with Gasteiger partial charge in [-0.1, -0.05) is 0 Å². The lowest BCUT2D eigenvalue weighted by molar-refractivity contribution is 0.0600. The van der Waals surface area contributed by atoms with Crippen LogP contribution in [0.4, 0.5) is 5.69 Å². The van der Waals surface area contributed by atoms with Crippen molar-refractivity contribution in [3.05, 3.63) is 21.3 Å². The summed E-state index contributed by atoms with van der Waals surface area (Å²) in [6, 6.07) is 3.22. The Balaban J connectivity index is 3.22. The fourth-order valence-corrected chi connectivity index (χ4v) is 1.60. The summed E-state index contributed by atoms with van der Waals surface area (Å²) in [5, 5.41) is 0. The van der Waals surface area contributed by atoms with E-state index in [0.29, 0.717) is 17.0 Å². The Bertz CT molecular complexity index is 365. The summed E-state index contributed by atoms with van der Waals surface area (Å²) in [5.74, 6) is 0.0820. The summed E-state index contributed by atoms with van der Waals surface area (Å²) < 4.78 is 10.4. The summed E-state index contributed by atoms with van der Waals surface area (Å²) in [5.41, 5.74) is 6.68. The zero-order valence-corrected chi connectivity index (χ0v) is 9.99. The van der Waals surface area contributed by atoms with Crippen LogP contribution < -0.4 is 10.5 Å². The number of halogens is 1. The maximum atomic E-state index is 11.2. The van der Waals surface area contributed by atoms with E-state index in [1.807, 2.05) is 22.6 Å². The second-order valence-corrected chi connectivity index (χ2v) is 3.73. The molecule has 1 aromatic rings. The van der Waals surface area contributed by atoms with Crippen LogP contribution in [0, 0.1) is 3.57 Å². The largest absolute Gasteiger partial charge is 0.495 e. The number of hydrogen-bond donors (Lipinski definition) is 1. The second kappa shape index (κ2) is 4.50. The van der Waals surface area contributed by atoms with Gasteiger partial charge in [0.2, 0.25) is 0 Å². The Morgan fingerprint density at radius 2 is 2.07 bits per heavy atom. The van der Waals surface area contributed by atoms with Crippen LogP contribution in [0.2, 0.25) is 0 Å². The van der Waals surface area contributed by atoms with Crippen molar-refractivity contribution in [3.8, 4) is 5.75 Å². The van der Waals surface area contributed by atoms with Crippen molar-refractivity contribution in [1.29, 1.82) is 0 Å². The molecule has 0 unspecified atom stereocenters. The van der Waals surface area contributed by atoms with Gasteiger partial charge in [-0.2, -0.15) is 0 Å². The molecule has 4 nitrogen and oxygen atoms in total. The number of nitrogens with two attached hydrogens (primary N) is 1. The van der Waals surface area contributed by atoms with Gasteiger partial charge in [0, 0.05) is 3.57 Å². The summed E-state index contributed by atoms with van der Waals surface area (Å²) in [6.45, 7) is 0. The molecule has 76 valence electrons. The van der Waals surface area contributed by atoms with Gasteiger partial charge in [-0.15, -0.1) is 0 Å². The van der Waals surface area contributed by atoms with Gasteiger partial charge in [-0.25, -0.2) is 4.79 Å². The highest BCUT2D eigenvalue weighted by molar-refractivity contribution is 14.1. The highest BCUT2D eigenvalue weighted by Crippen LogP contribution is 2.28. The van der Waals surface area contributed by atoms with Crippen LogP contribution in [0.25, 0.3) is 0 Å². The minimum Gasteiger partial charge on any atom is -0.495 e. The molecule has 0 saturated carbocycles. The molecule has 5 heteroatoms. The lowest BCUT2D eigenvalue weighted by Crippen LogP contribution is -2.04. The molecule has 1 rings (SSSR count). The maximum absolute atomic E-state index is 11.2. The first-order chi connectivity index (χ1) is 6.60. The van der Waals surface area contributed by atoms with Crippen molar-refractivity contribution in [2.24, 2.45) is 0 Å². The SMILES string of the molecule is COC(=O)c1cc(I)c(N)c(OC)c1. The summed E-state index contributed by atoms with van der Waals surface area (Å²) in [6.07, 6.45) is 0. The van der Waals surface area contributed by atoms with Crippen molar-refractivity contribution in [2.45, 2.75) is 0 Å². The highest BCUT2D eigenvalue weighted by Gasteiger charge is 2.12. The second-order valence-electron chi connectivity index (χ2n) is 2.57. The molecule has 0 atom stereocenters. The number of rotatable bonds is 2. The average molecular weight is 307 g/mol. The van der Waals surface area contributed by atoms with Crippen LogP contribution in [0.1, 0.15) is 10.4 Å². The number of carbonyl (C=O) groups excluding carboxylic acids is 1. The summed E-state index contributed by atoms with van der Waals surface area (Å²) in [7, 11) is 2.83. The van der Waals surface area contributed by atoms with Crippen molar-refractivity contribution < 1.29 is 14.3 Å². The standard InChI is InChI=1S/C9H10INO3/c1-13-7-4-5(9(12)14-2)3-6(10)8(7)11/h3-4H,11H2,1-2H3. The van der Waals surface area contributed by atoms with Gasteiger partial charge in [-0.3, -0.25) is 0 Å². The molecule has 0 aromatic heterocycles. The predicted octanol–water partition coefficient (Wildman–Crippen LogP) is 1.67. The molecule has 0 saturated heterocycles. The van der Waals surface area contributed by atoms with Crippen LogP contribution in [0.5, 0.6) is 5.75 Å². The number of carbonyl (C=O) groups is 1. The van der Waals surface area contributed by atoms with Gasteiger partial charge in [-0.05, 0) is 34.7 Å². The van der Waals surface area contributed by atoms with Crippen molar-refractivity contribution >= 4 is 34.2 Å². The molecule has 0 heterocycles. The van der Waals surface area contributed by atoms with Crippen LogP contribution in [0.3, 0.4) is 0 Å². The van der Waals surface area contributed by atoms with Crippen LogP contribution in [-0.2, 0) is 4.74 Å². The van der Waals surface area contributed by atoms with E-state index in [0.717, 1.165) is 3.57 Å². The number of nitrogen functional groups attached to an aromatic ring is 1. The zero-order chi connectivity index (χ0) is 10.7. The molecule has 14 heavy (non-hydrogen) atoms. The molecule has 1 aromatic carbocycles. The minimum atomic E-state index is -0.402. The van der Waals surface area contributed by atoms with Gasteiger partial charge in [0.15, 0.2) is 0 Å². The van der Waals surface area contributed by atoms with Gasteiger partial charge in [0.25, 0.3) is 0 Å². The fourth-order valence-electron chi connectivity index (χ4n) is 0.997. The van der Waals surface area contributed by atoms with Crippen LogP contribution >= 0.6 is 22.6 Å². The summed E-state index contributed by atoms with van der Waals surface area (Å²) >= 11 is 2.04. The van der Waals surface area contributed by atoms with Crippen molar-refractivity contribution in [2.75, 3.05) is 20.0 Å². The smallest absolute Gasteiger partial charge is 0.338 e. The number of anilines is 1. The van der Waals surface area contributed by atoms with Crippen LogP contribution in [0.15, 0.2) is 12.1 Å². The molecule has 0 fully saturated rings. The van der Waals surface area contributed by atoms with Crippen molar-refractivity contribution in [1.82, 2.24) is 0 Å². The molecule has 2 N–H and O–H groups in total. The molecule has 0 aliphatic rings. The Kier molecular flexibility index (Phi) is 3.56. The van der Waals surface area contributed by atoms with Crippen molar-refractivity contribution in [3.63, 3.8) is 0 Å². The summed E-state index contributed by atoms with van der Waals surface area (Å²) in [4.78, 5) is 11.2. The number of esters is 1. The average Bonchev–Trinajstić information content (AvgIpc) is 2.20. The topological polar surface area (TPSA) is 61.5 Å². The number of benzene rings is 1. The first-order valence-corrected chi connectivity index (χ1v) is 4.89. The fraction of sp³-hybridized carbons (Fsp3) is 0.222. The van der Waals surface area contributed by atoms with E-state index < -0.39 is 5.97 Å². The lowest BCUT2D eigenvalue weighted by Gasteiger charge is -2.08. The first kappa shape index (κ1) is 11.1. The molecule has 0 aliphatic heterocycles. The van der Waals surface area contributed by atoms with E-state index in [1.165, 1.54) is 14.2 Å². The first-order valence-electron chi connectivity index (χ1n) is 3.81. The highest BCUT2D eigenvalue weighted by atomic mass is 127. The Morgan fingerprint density at radius 1 is 1.43 bits per heavy atom.